The van der Waals surface area contributed by atoms with Crippen LogP contribution in [0.5, 0.6) is 0 Å². The van der Waals surface area contributed by atoms with Gasteiger partial charge in [0.25, 0.3) is 0 Å². The minimum absolute atomic E-state index is 0. The average Bonchev–Trinajstić information content (AvgIpc) is 1.65. The van der Waals surface area contributed by atoms with E-state index in [1.54, 1.807) is 10.9 Å². The minimum atomic E-state index is -0.602. The fraction of sp³-hybridized carbons (Fsp3) is 0. The smallest absolute Gasteiger partial charge is 0.343 e. The van der Waals surface area contributed by atoms with Crippen molar-refractivity contribution in [3.05, 3.63) is 0 Å². The van der Waals surface area contributed by atoms with Crippen LogP contribution in [0.2, 0.25) is 0 Å². The molecule has 7 heavy (non-hydrogen) atoms. The predicted molar refractivity (Wildman–Crippen MR) is 23.7 cm³/mol. The summed E-state index contributed by atoms with van der Waals surface area (Å²) in [6.45, 7) is 0. The van der Waals surface area contributed by atoms with E-state index in [-0.39, 0.29) is 5.48 Å². The first-order valence-corrected chi connectivity index (χ1v) is 1.28. The second-order valence-corrected chi connectivity index (χ2v) is 0.618. The first-order valence-electron chi connectivity index (χ1n) is 1.28. The number of amides is 2. The molecule has 6 heteroatoms. The molecule has 0 unspecified atom stereocenters. The van der Waals surface area contributed by atoms with Gasteiger partial charge in [0.2, 0.25) is 0 Å². The molecule has 8 N–H and O–H groups in total. The molecule has 0 saturated heterocycles. The Labute approximate surface area is 40.1 Å². The van der Waals surface area contributed by atoms with Crippen LogP contribution < -0.4 is 22.5 Å². The Kier molecular flexibility index (Phi) is 6.97. The summed E-state index contributed by atoms with van der Waals surface area (Å²) >= 11 is 0. The zero-order valence-corrected chi connectivity index (χ0v) is 3.56. The summed E-state index contributed by atoms with van der Waals surface area (Å²) in [7, 11) is 0. The van der Waals surface area contributed by atoms with Crippen LogP contribution in [-0.4, -0.2) is 11.5 Å². The zero-order chi connectivity index (χ0) is 4.99. The molecule has 2 amide bonds. The highest BCUT2D eigenvalue weighted by molar-refractivity contribution is 5.72. The van der Waals surface area contributed by atoms with Crippen LogP contribution >= 0.6 is 0 Å². The van der Waals surface area contributed by atoms with Gasteiger partial charge in [-0.3, -0.25) is 10.9 Å². The SMILES string of the molecule is NNC(=O)NN.O. The van der Waals surface area contributed by atoms with E-state index in [4.69, 9.17) is 0 Å². The van der Waals surface area contributed by atoms with E-state index in [1.807, 2.05) is 0 Å². The summed E-state index contributed by atoms with van der Waals surface area (Å²) in [6, 6.07) is -0.602. The monoisotopic (exact) mass is 108 g/mol. The second-order valence-electron chi connectivity index (χ2n) is 0.618. The quantitative estimate of drug-likeness (QED) is 0.152. The molecule has 0 aromatic carbocycles. The normalized spacial score (nSPS) is 6.00. The molecule has 0 aliphatic heterocycles. The van der Waals surface area contributed by atoms with Gasteiger partial charge in [0.1, 0.15) is 0 Å². The molecule has 0 aliphatic rings. The maximum absolute atomic E-state index is 9.71. The van der Waals surface area contributed by atoms with Gasteiger partial charge in [-0.25, -0.2) is 16.5 Å². The van der Waals surface area contributed by atoms with Crippen LogP contribution in [0.3, 0.4) is 0 Å². The molecule has 0 aliphatic carbocycles. The standard InChI is InChI=1S/CH6N4O.H2O/c2-4-1(6)5-3;/h2-3H2,(H2,4,5,6);1H2. The van der Waals surface area contributed by atoms with Gasteiger partial charge in [0, 0.05) is 0 Å². The van der Waals surface area contributed by atoms with Crippen molar-refractivity contribution >= 4 is 6.03 Å². The molecule has 0 atom stereocenters. The van der Waals surface area contributed by atoms with Crippen molar-refractivity contribution in [2.75, 3.05) is 0 Å². The van der Waals surface area contributed by atoms with Gasteiger partial charge in [-0.1, -0.05) is 0 Å². The molecular formula is CH8N4O2. The number of nitrogens with one attached hydrogen (secondary N) is 2. The number of carbonyl (C=O) groups is 1. The third-order valence-electron chi connectivity index (χ3n) is 0.262. The first kappa shape index (κ1) is 9.47. The Morgan fingerprint density at radius 2 is 1.57 bits per heavy atom. The van der Waals surface area contributed by atoms with E-state index >= 15 is 0 Å². The Morgan fingerprint density at radius 1 is 1.29 bits per heavy atom. The average molecular weight is 108 g/mol. The molecule has 6 nitrogen and oxygen atoms in total. The molecule has 44 valence electrons. The lowest BCUT2D eigenvalue weighted by Gasteiger charge is -1.90. The number of hydrogen-bond acceptors (Lipinski definition) is 3. The lowest BCUT2D eigenvalue weighted by atomic mass is 11.1. The Morgan fingerprint density at radius 3 is 1.57 bits per heavy atom. The molecular weight excluding hydrogens is 100 g/mol. The van der Waals surface area contributed by atoms with Gasteiger partial charge >= 0.3 is 6.03 Å². The van der Waals surface area contributed by atoms with Crippen molar-refractivity contribution in [1.82, 2.24) is 10.9 Å². The molecule has 0 rings (SSSR count). The maximum Gasteiger partial charge on any atom is 0.343 e. The summed E-state index contributed by atoms with van der Waals surface area (Å²) < 4.78 is 0. The molecule has 0 saturated carbocycles. The second kappa shape index (κ2) is 5.15. The Bertz CT molecular complexity index is 47.7. The number of carbonyl (C=O) groups excluding carboxylic acids is 1. The van der Waals surface area contributed by atoms with Gasteiger partial charge in [0.15, 0.2) is 0 Å². The summed E-state index contributed by atoms with van der Waals surface area (Å²) in [5.41, 5.74) is 3.48. The highest BCUT2D eigenvalue weighted by Crippen LogP contribution is 1.42. The lowest BCUT2D eigenvalue weighted by Crippen LogP contribution is -2.43. The minimum Gasteiger partial charge on any atom is -0.412 e. The molecule has 0 spiro atoms. The van der Waals surface area contributed by atoms with E-state index in [0.29, 0.717) is 0 Å². The highest BCUT2D eigenvalue weighted by Gasteiger charge is 1.82. The van der Waals surface area contributed by atoms with Gasteiger partial charge in [-0.15, -0.1) is 0 Å². The molecule has 0 aromatic rings. The third kappa shape index (κ3) is 5.15. The number of hydrogen-bond donors (Lipinski definition) is 4. The van der Waals surface area contributed by atoms with E-state index < -0.39 is 6.03 Å². The van der Waals surface area contributed by atoms with Crippen LogP contribution in [-0.2, 0) is 0 Å². The molecule has 0 radical (unpaired) electrons. The lowest BCUT2D eigenvalue weighted by molar-refractivity contribution is 0.241. The summed E-state index contributed by atoms with van der Waals surface area (Å²) in [5.74, 6) is 9.08. The van der Waals surface area contributed by atoms with Crippen molar-refractivity contribution in [2.45, 2.75) is 0 Å². The van der Waals surface area contributed by atoms with E-state index in [0.717, 1.165) is 0 Å². The zero-order valence-electron chi connectivity index (χ0n) is 3.56. The molecule has 0 aromatic heterocycles. The van der Waals surface area contributed by atoms with Crippen molar-refractivity contribution < 1.29 is 10.3 Å². The fourth-order valence-corrected chi connectivity index (χ4v) is 0.0417. The van der Waals surface area contributed by atoms with Crippen LogP contribution in [0.1, 0.15) is 0 Å². The summed E-state index contributed by atoms with van der Waals surface area (Å²) in [5, 5.41) is 0. The van der Waals surface area contributed by atoms with Crippen molar-refractivity contribution in [2.24, 2.45) is 11.7 Å². The highest BCUT2D eigenvalue weighted by atomic mass is 16.2. The number of rotatable bonds is 0. The Balaban J connectivity index is 0. The summed E-state index contributed by atoms with van der Waals surface area (Å²) in [6.07, 6.45) is 0. The van der Waals surface area contributed by atoms with Gasteiger partial charge in [-0.05, 0) is 0 Å². The van der Waals surface area contributed by atoms with Crippen LogP contribution in [0.15, 0.2) is 0 Å². The fourth-order valence-electron chi connectivity index (χ4n) is 0.0417. The van der Waals surface area contributed by atoms with Gasteiger partial charge < -0.3 is 5.48 Å². The van der Waals surface area contributed by atoms with Crippen molar-refractivity contribution in [3.63, 3.8) is 0 Å². The maximum atomic E-state index is 9.71. The molecule has 0 fully saturated rings. The summed E-state index contributed by atoms with van der Waals surface area (Å²) in [4.78, 5) is 9.71. The molecule has 0 heterocycles. The van der Waals surface area contributed by atoms with Crippen LogP contribution in [0, 0.1) is 0 Å². The molecule has 0 bridgehead atoms. The van der Waals surface area contributed by atoms with Gasteiger partial charge in [-0.2, -0.15) is 0 Å². The number of hydrazine groups is 2. The van der Waals surface area contributed by atoms with Crippen LogP contribution in [0.25, 0.3) is 0 Å². The first-order chi connectivity index (χ1) is 2.81. The third-order valence-corrected chi connectivity index (χ3v) is 0.262. The van der Waals surface area contributed by atoms with Crippen molar-refractivity contribution in [3.8, 4) is 0 Å². The van der Waals surface area contributed by atoms with Crippen molar-refractivity contribution in [1.29, 1.82) is 0 Å². The number of nitrogens with two attached hydrogens (primary N) is 2. The van der Waals surface area contributed by atoms with Crippen LogP contribution in [0.4, 0.5) is 4.79 Å². The Hall–Kier alpha value is -0.850. The van der Waals surface area contributed by atoms with E-state index in [9.17, 15) is 4.79 Å². The number of urea groups is 1. The van der Waals surface area contributed by atoms with E-state index in [1.165, 1.54) is 0 Å². The topological polar surface area (TPSA) is 125 Å². The predicted octanol–water partition coefficient (Wildman–Crippen LogP) is -2.79. The van der Waals surface area contributed by atoms with Gasteiger partial charge in [0.05, 0.1) is 0 Å². The largest absolute Gasteiger partial charge is 0.412 e. The van der Waals surface area contributed by atoms with E-state index in [2.05, 4.69) is 11.7 Å².